The molecule has 0 atom stereocenters. The molecule has 0 heterocycles. The molecule has 0 saturated heterocycles. The second-order valence-electron chi connectivity index (χ2n) is 4.56. The van der Waals surface area contributed by atoms with Crippen LogP contribution in [0.2, 0.25) is 0 Å². The summed E-state index contributed by atoms with van der Waals surface area (Å²) >= 11 is 0. The fraction of sp³-hybridized carbons (Fsp3) is 0.176. The topological polar surface area (TPSA) is 12.0 Å². The SMILES string of the molecule is C=C(CNCc1cccc(C)c1)c1ccccc1. The minimum atomic E-state index is 0.817. The third-order valence-corrected chi connectivity index (χ3v) is 2.93. The first-order chi connectivity index (χ1) is 8.75. The highest BCUT2D eigenvalue weighted by Crippen LogP contribution is 2.10. The third-order valence-electron chi connectivity index (χ3n) is 2.93. The van der Waals surface area contributed by atoms with Crippen LogP contribution in [-0.4, -0.2) is 6.54 Å². The molecule has 2 aromatic rings. The maximum Gasteiger partial charge on any atom is 0.0208 e. The van der Waals surface area contributed by atoms with Crippen LogP contribution in [0.3, 0.4) is 0 Å². The molecular weight excluding hydrogens is 218 g/mol. The van der Waals surface area contributed by atoms with E-state index in [0.717, 1.165) is 18.7 Å². The summed E-state index contributed by atoms with van der Waals surface area (Å²) in [7, 11) is 0. The highest BCUT2D eigenvalue weighted by molar-refractivity contribution is 5.64. The van der Waals surface area contributed by atoms with E-state index in [1.165, 1.54) is 16.7 Å². The highest BCUT2D eigenvalue weighted by Gasteiger charge is 1.98. The Kier molecular flexibility index (Phi) is 4.32. The van der Waals surface area contributed by atoms with Gasteiger partial charge in [-0.1, -0.05) is 66.7 Å². The summed E-state index contributed by atoms with van der Waals surface area (Å²) in [5.41, 5.74) is 4.95. The van der Waals surface area contributed by atoms with E-state index >= 15 is 0 Å². The van der Waals surface area contributed by atoms with Crippen LogP contribution in [0, 0.1) is 6.92 Å². The van der Waals surface area contributed by atoms with Crippen LogP contribution < -0.4 is 5.32 Å². The van der Waals surface area contributed by atoms with Crippen molar-refractivity contribution < 1.29 is 0 Å². The molecule has 0 unspecified atom stereocenters. The molecule has 1 N–H and O–H groups in total. The quantitative estimate of drug-likeness (QED) is 0.834. The summed E-state index contributed by atoms with van der Waals surface area (Å²) in [6.45, 7) is 7.93. The maximum atomic E-state index is 4.11. The predicted molar refractivity (Wildman–Crippen MR) is 78.4 cm³/mol. The first kappa shape index (κ1) is 12.6. The van der Waals surface area contributed by atoms with Crippen molar-refractivity contribution in [2.24, 2.45) is 0 Å². The zero-order valence-electron chi connectivity index (χ0n) is 10.8. The van der Waals surface area contributed by atoms with Crippen molar-refractivity contribution in [2.75, 3.05) is 6.54 Å². The monoisotopic (exact) mass is 237 g/mol. The number of hydrogen-bond acceptors (Lipinski definition) is 1. The summed E-state index contributed by atoms with van der Waals surface area (Å²) in [4.78, 5) is 0. The molecule has 92 valence electrons. The minimum absolute atomic E-state index is 0.817. The van der Waals surface area contributed by atoms with E-state index in [9.17, 15) is 0 Å². The Bertz CT molecular complexity index is 514. The molecule has 0 fully saturated rings. The van der Waals surface area contributed by atoms with Crippen LogP contribution >= 0.6 is 0 Å². The van der Waals surface area contributed by atoms with Gasteiger partial charge in [0.1, 0.15) is 0 Å². The van der Waals surface area contributed by atoms with Gasteiger partial charge in [-0.3, -0.25) is 0 Å². The summed E-state index contributed by atoms with van der Waals surface area (Å²) in [5, 5.41) is 3.43. The molecule has 0 aliphatic heterocycles. The van der Waals surface area contributed by atoms with E-state index in [1.807, 2.05) is 18.2 Å². The average Bonchev–Trinajstić information content (AvgIpc) is 2.40. The lowest BCUT2D eigenvalue weighted by Gasteiger charge is -2.08. The molecule has 0 aliphatic carbocycles. The Labute approximate surface area is 109 Å². The van der Waals surface area contributed by atoms with E-state index in [0.29, 0.717) is 0 Å². The maximum absolute atomic E-state index is 4.11. The molecular formula is C17H19N. The molecule has 2 rings (SSSR count). The smallest absolute Gasteiger partial charge is 0.0208 e. The Morgan fingerprint density at radius 2 is 1.83 bits per heavy atom. The minimum Gasteiger partial charge on any atom is -0.309 e. The lowest BCUT2D eigenvalue weighted by atomic mass is 10.1. The van der Waals surface area contributed by atoms with Gasteiger partial charge in [0, 0.05) is 13.1 Å². The molecule has 0 aromatic heterocycles. The van der Waals surface area contributed by atoms with Crippen LogP contribution in [0.4, 0.5) is 0 Å². The van der Waals surface area contributed by atoms with Crippen molar-refractivity contribution in [3.05, 3.63) is 77.9 Å². The fourth-order valence-corrected chi connectivity index (χ4v) is 1.96. The lowest BCUT2D eigenvalue weighted by molar-refractivity contribution is 0.767. The average molecular weight is 237 g/mol. The zero-order valence-corrected chi connectivity index (χ0v) is 10.8. The first-order valence-corrected chi connectivity index (χ1v) is 6.25. The molecule has 1 nitrogen and oxygen atoms in total. The Hall–Kier alpha value is -1.86. The fourth-order valence-electron chi connectivity index (χ4n) is 1.96. The van der Waals surface area contributed by atoms with Gasteiger partial charge in [-0.2, -0.15) is 0 Å². The second kappa shape index (κ2) is 6.18. The Morgan fingerprint density at radius 3 is 2.56 bits per heavy atom. The van der Waals surface area contributed by atoms with E-state index in [1.54, 1.807) is 0 Å². The van der Waals surface area contributed by atoms with E-state index in [4.69, 9.17) is 0 Å². The van der Waals surface area contributed by atoms with Crippen LogP contribution in [0.1, 0.15) is 16.7 Å². The van der Waals surface area contributed by atoms with Gasteiger partial charge in [0.15, 0.2) is 0 Å². The largest absolute Gasteiger partial charge is 0.309 e. The van der Waals surface area contributed by atoms with Crippen molar-refractivity contribution in [1.82, 2.24) is 5.32 Å². The molecule has 2 aromatic carbocycles. The van der Waals surface area contributed by atoms with E-state index in [-0.39, 0.29) is 0 Å². The van der Waals surface area contributed by atoms with Crippen molar-refractivity contribution in [2.45, 2.75) is 13.5 Å². The molecule has 0 bridgehead atoms. The van der Waals surface area contributed by atoms with Gasteiger partial charge in [0.2, 0.25) is 0 Å². The first-order valence-electron chi connectivity index (χ1n) is 6.25. The molecule has 0 aliphatic rings. The number of benzene rings is 2. The summed E-state index contributed by atoms with van der Waals surface area (Å²) in [6, 6.07) is 18.9. The summed E-state index contributed by atoms with van der Waals surface area (Å²) in [6.07, 6.45) is 0. The van der Waals surface area contributed by atoms with Crippen LogP contribution in [0.25, 0.3) is 5.57 Å². The lowest BCUT2D eigenvalue weighted by Crippen LogP contribution is -2.15. The van der Waals surface area contributed by atoms with Gasteiger partial charge >= 0.3 is 0 Å². The molecule has 0 radical (unpaired) electrons. The molecule has 0 saturated carbocycles. The van der Waals surface area contributed by atoms with Gasteiger partial charge in [0.05, 0.1) is 0 Å². The third kappa shape index (κ3) is 3.57. The number of rotatable bonds is 5. The molecule has 0 spiro atoms. The van der Waals surface area contributed by atoms with Crippen molar-refractivity contribution in [1.29, 1.82) is 0 Å². The number of aryl methyl sites for hydroxylation is 1. The van der Waals surface area contributed by atoms with E-state index in [2.05, 4.69) is 55.2 Å². The Morgan fingerprint density at radius 1 is 1.06 bits per heavy atom. The van der Waals surface area contributed by atoms with Gasteiger partial charge < -0.3 is 5.32 Å². The van der Waals surface area contributed by atoms with Crippen LogP contribution in [0.15, 0.2) is 61.2 Å². The van der Waals surface area contributed by atoms with Gasteiger partial charge in [0.25, 0.3) is 0 Å². The van der Waals surface area contributed by atoms with Gasteiger partial charge in [-0.15, -0.1) is 0 Å². The van der Waals surface area contributed by atoms with Crippen molar-refractivity contribution in [3.8, 4) is 0 Å². The molecule has 18 heavy (non-hydrogen) atoms. The standard InChI is InChI=1S/C17H19N/c1-14-7-6-8-16(11-14)13-18-12-15(2)17-9-4-3-5-10-17/h3-11,18H,2,12-13H2,1H3. The molecule has 0 amide bonds. The highest BCUT2D eigenvalue weighted by atomic mass is 14.8. The van der Waals surface area contributed by atoms with Crippen LogP contribution in [0.5, 0.6) is 0 Å². The van der Waals surface area contributed by atoms with E-state index < -0.39 is 0 Å². The molecule has 1 heteroatoms. The summed E-state index contributed by atoms with van der Waals surface area (Å²) < 4.78 is 0. The van der Waals surface area contributed by atoms with Gasteiger partial charge in [-0.05, 0) is 23.6 Å². The van der Waals surface area contributed by atoms with Crippen LogP contribution in [-0.2, 0) is 6.54 Å². The van der Waals surface area contributed by atoms with Gasteiger partial charge in [-0.25, -0.2) is 0 Å². The second-order valence-corrected chi connectivity index (χ2v) is 4.56. The normalized spacial score (nSPS) is 10.3. The Balaban J connectivity index is 1.84. The zero-order chi connectivity index (χ0) is 12.8. The summed E-state index contributed by atoms with van der Waals surface area (Å²) in [5.74, 6) is 0. The number of nitrogens with one attached hydrogen (secondary N) is 1. The van der Waals surface area contributed by atoms with Crippen molar-refractivity contribution in [3.63, 3.8) is 0 Å². The van der Waals surface area contributed by atoms with Crippen molar-refractivity contribution >= 4 is 5.57 Å². The predicted octanol–water partition coefficient (Wildman–Crippen LogP) is 3.80. The number of hydrogen-bond donors (Lipinski definition) is 1.